The van der Waals surface area contributed by atoms with E-state index in [1.54, 1.807) is 24.5 Å². The van der Waals surface area contributed by atoms with Crippen LogP contribution in [0.25, 0.3) is 11.0 Å². The highest BCUT2D eigenvalue weighted by Gasteiger charge is 2.23. The van der Waals surface area contributed by atoms with Gasteiger partial charge < -0.3 is 9.30 Å². The first-order valence-electron chi connectivity index (χ1n) is 13.2. The Hall–Kier alpha value is -3.84. The molecular weight excluding hydrogens is 492 g/mol. The molecule has 3 heterocycles. The third kappa shape index (κ3) is 5.38. The molecule has 1 aliphatic rings. The Morgan fingerprint density at radius 2 is 1.68 bits per heavy atom. The van der Waals surface area contributed by atoms with Crippen molar-refractivity contribution in [3.63, 3.8) is 0 Å². The lowest BCUT2D eigenvalue weighted by molar-refractivity contribution is 0.151. The largest absolute Gasteiger partial charge is 0.489 e. The quantitative estimate of drug-likeness (QED) is 0.238. The Kier molecular flexibility index (Phi) is 7.27. The number of benzene rings is 2. The third-order valence-electron chi connectivity index (χ3n) is 7.05. The van der Waals surface area contributed by atoms with E-state index in [0.29, 0.717) is 28.5 Å². The molecule has 6 nitrogen and oxygen atoms in total. The summed E-state index contributed by atoms with van der Waals surface area (Å²) >= 11 is 0. The van der Waals surface area contributed by atoms with E-state index in [0.717, 1.165) is 48.2 Å². The Bertz CT molecular complexity index is 1530. The normalized spacial score (nSPS) is 14.9. The predicted octanol–water partition coefficient (Wildman–Crippen LogP) is 6.34. The maximum Gasteiger partial charge on any atom is 0.138 e. The number of hydrogen-bond acceptors (Lipinski definition) is 5. The van der Waals surface area contributed by atoms with E-state index in [-0.39, 0.29) is 6.10 Å². The van der Waals surface area contributed by atoms with Crippen LogP contribution in [0.15, 0.2) is 101 Å². The molecule has 1 saturated carbocycles. The summed E-state index contributed by atoms with van der Waals surface area (Å²) in [5.74, 6) is 1.61. The number of ether oxygens (including phenoxy) is 1. The predicted molar refractivity (Wildman–Crippen MR) is 149 cm³/mol. The lowest BCUT2D eigenvalue weighted by atomic mass is 9.98. The molecule has 3 aromatic heterocycles. The molecule has 1 fully saturated rings. The van der Waals surface area contributed by atoms with Crippen LogP contribution in [0.1, 0.15) is 49.2 Å². The van der Waals surface area contributed by atoms with Crippen LogP contribution in [-0.4, -0.2) is 29.8 Å². The van der Waals surface area contributed by atoms with E-state index in [1.165, 1.54) is 12.0 Å². The van der Waals surface area contributed by atoms with E-state index < -0.39 is 10.8 Å². The maximum atomic E-state index is 13.8. The fraction of sp³-hybridized carbons (Fsp3) is 0.258. The van der Waals surface area contributed by atoms with Crippen molar-refractivity contribution in [2.75, 3.05) is 0 Å². The van der Waals surface area contributed by atoms with E-state index in [2.05, 4.69) is 26.7 Å². The first kappa shape index (κ1) is 24.5. The molecule has 1 aliphatic carbocycles. The van der Waals surface area contributed by atoms with Crippen LogP contribution in [0.5, 0.6) is 5.75 Å². The lowest BCUT2D eigenvalue weighted by Crippen LogP contribution is -2.20. The minimum absolute atomic E-state index is 0.130. The van der Waals surface area contributed by atoms with Crippen molar-refractivity contribution in [2.24, 2.45) is 0 Å². The molecule has 0 bridgehead atoms. The van der Waals surface area contributed by atoms with Crippen LogP contribution < -0.4 is 4.74 Å². The van der Waals surface area contributed by atoms with Crippen LogP contribution in [0.4, 0.5) is 0 Å². The number of pyridine rings is 2. The van der Waals surface area contributed by atoms with E-state index in [1.807, 2.05) is 54.7 Å². The topological polar surface area (TPSA) is 69.9 Å². The third-order valence-corrected chi connectivity index (χ3v) is 8.47. The molecule has 0 radical (unpaired) electrons. The average Bonchev–Trinajstić information content (AvgIpc) is 3.29. The van der Waals surface area contributed by atoms with Gasteiger partial charge in [0.15, 0.2) is 0 Å². The monoisotopic (exact) mass is 522 g/mol. The zero-order chi connectivity index (χ0) is 25.7. The summed E-state index contributed by atoms with van der Waals surface area (Å²) in [4.78, 5) is 15.1. The van der Waals surface area contributed by atoms with Gasteiger partial charge in [-0.3, -0.25) is 9.97 Å². The smallest absolute Gasteiger partial charge is 0.138 e. The summed E-state index contributed by atoms with van der Waals surface area (Å²) in [6, 6.07) is 23.9. The molecule has 5 aromatic rings. The zero-order valence-electron chi connectivity index (χ0n) is 21.2. The molecule has 0 amide bonds. The Morgan fingerprint density at radius 3 is 2.45 bits per heavy atom. The SMILES string of the molecule is O=S(c1ccncc1)c1cc2nc(Cc3ccccc3)n(Cc3ccccn3)c2cc1OC1CCCCC1. The van der Waals surface area contributed by atoms with Crippen molar-refractivity contribution in [3.05, 3.63) is 108 Å². The van der Waals surface area contributed by atoms with E-state index in [4.69, 9.17) is 9.72 Å². The molecule has 192 valence electrons. The fourth-order valence-corrected chi connectivity index (χ4v) is 6.25. The summed E-state index contributed by atoms with van der Waals surface area (Å²) in [5.41, 5.74) is 3.91. The molecule has 1 atom stereocenters. The summed E-state index contributed by atoms with van der Waals surface area (Å²) in [6.07, 6.45) is 11.6. The fourth-order valence-electron chi connectivity index (χ4n) is 5.11. The number of aromatic nitrogens is 4. The highest BCUT2D eigenvalue weighted by Crippen LogP contribution is 2.35. The van der Waals surface area contributed by atoms with Gasteiger partial charge in [0.25, 0.3) is 0 Å². The van der Waals surface area contributed by atoms with Crippen molar-refractivity contribution in [2.45, 2.75) is 61.0 Å². The van der Waals surface area contributed by atoms with Gasteiger partial charge >= 0.3 is 0 Å². The number of rotatable bonds is 8. The molecule has 38 heavy (non-hydrogen) atoms. The van der Waals surface area contributed by atoms with Crippen LogP contribution in [0, 0.1) is 0 Å². The molecule has 0 saturated heterocycles. The van der Waals surface area contributed by atoms with Gasteiger partial charge in [-0.25, -0.2) is 9.19 Å². The van der Waals surface area contributed by atoms with Gasteiger partial charge in [0.1, 0.15) is 11.6 Å². The van der Waals surface area contributed by atoms with Crippen molar-refractivity contribution in [1.82, 2.24) is 19.5 Å². The Balaban J connectivity index is 1.49. The highest BCUT2D eigenvalue weighted by atomic mass is 32.2. The molecule has 0 aliphatic heterocycles. The molecule has 0 N–H and O–H groups in total. The van der Waals surface area contributed by atoms with Crippen molar-refractivity contribution in [1.29, 1.82) is 0 Å². The van der Waals surface area contributed by atoms with Gasteiger partial charge in [-0.2, -0.15) is 0 Å². The Labute approximate surface area is 225 Å². The van der Waals surface area contributed by atoms with Gasteiger partial charge in [-0.15, -0.1) is 0 Å². The summed E-state index contributed by atoms with van der Waals surface area (Å²) < 4.78 is 22.6. The summed E-state index contributed by atoms with van der Waals surface area (Å²) in [7, 11) is -1.42. The van der Waals surface area contributed by atoms with Gasteiger partial charge in [-0.05, 0) is 61.6 Å². The van der Waals surface area contributed by atoms with Crippen LogP contribution in [-0.2, 0) is 23.8 Å². The number of imidazole rings is 1. The lowest BCUT2D eigenvalue weighted by Gasteiger charge is -2.24. The molecule has 2 aromatic carbocycles. The molecule has 6 rings (SSSR count). The molecule has 0 spiro atoms. The van der Waals surface area contributed by atoms with Crippen molar-refractivity contribution >= 4 is 21.8 Å². The van der Waals surface area contributed by atoms with Crippen LogP contribution >= 0.6 is 0 Å². The summed E-state index contributed by atoms with van der Waals surface area (Å²) in [5, 5.41) is 0. The number of hydrogen-bond donors (Lipinski definition) is 0. The van der Waals surface area contributed by atoms with E-state index >= 15 is 0 Å². The van der Waals surface area contributed by atoms with Gasteiger partial charge in [-0.1, -0.05) is 42.8 Å². The standard InChI is InChI=1S/C31H30N4O2S/c36-38(26-14-17-32-18-15-26)30-20-27-28(21-29(30)37-25-12-5-2-6-13-25)35(22-24-11-7-8-16-33-24)31(34-27)19-23-9-3-1-4-10-23/h1,3-4,7-11,14-18,20-21,25H,2,5-6,12-13,19,22H2. The van der Waals surface area contributed by atoms with Gasteiger partial charge in [0, 0.05) is 36.0 Å². The molecule has 1 unspecified atom stereocenters. The molecular formula is C31H30N4O2S. The van der Waals surface area contributed by atoms with Gasteiger partial charge in [0.2, 0.25) is 0 Å². The van der Waals surface area contributed by atoms with Crippen LogP contribution in [0.3, 0.4) is 0 Å². The van der Waals surface area contributed by atoms with Gasteiger partial charge in [0.05, 0.1) is 45.1 Å². The van der Waals surface area contributed by atoms with Crippen molar-refractivity contribution in [3.8, 4) is 5.75 Å². The first-order valence-corrected chi connectivity index (χ1v) is 14.3. The zero-order valence-corrected chi connectivity index (χ0v) is 22.0. The summed E-state index contributed by atoms with van der Waals surface area (Å²) in [6.45, 7) is 0.592. The minimum Gasteiger partial charge on any atom is -0.489 e. The second-order valence-corrected chi connectivity index (χ2v) is 11.2. The molecule has 7 heteroatoms. The van der Waals surface area contributed by atoms with Crippen molar-refractivity contribution < 1.29 is 8.95 Å². The first-order chi connectivity index (χ1) is 18.7. The second kappa shape index (κ2) is 11.3. The van der Waals surface area contributed by atoms with E-state index in [9.17, 15) is 4.21 Å². The number of nitrogens with zero attached hydrogens (tertiary/aromatic N) is 4. The number of fused-ring (bicyclic) bond motifs is 1. The Morgan fingerprint density at radius 1 is 0.895 bits per heavy atom. The minimum atomic E-state index is -1.42. The average molecular weight is 523 g/mol. The highest BCUT2D eigenvalue weighted by molar-refractivity contribution is 7.85. The maximum absolute atomic E-state index is 13.8. The van der Waals surface area contributed by atoms with Crippen LogP contribution in [0.2, 0.25) is 0 Å². The second-order valence-electron chi connectivity index (χ2n) is 9.71.